The fraction of sp³-hybridized carbons (Fsp3) is 0.423. The van der Waals surface area contributed by atoms with Gasteiger partial charge >= 0.3 is 5.97 Å². The Morgan fingerprint density at radius 1 is 1.22 bits per heavy atom. The number of anilines is 1. The van der Waals surface area contributed by atoms with Crippen LogP contribution in [0.15, 0.2) is 24.5 Å². The molecule has 4 aromatic rings. The van der Waals surface area contributed by atoms with Crippen LogP contribution in [0.2, 0.25) is 5.15 Å². The maximum atomic E-state index is 16.1. The summed E-state index contributed by atoms with van der Waals surface area (Å²) in [5, 5.41) is 3.62. The van der Waals surface area contributed by atoms with Crippen LogP contribution in [0, 0.1) is 30.5 Å². The summed E-state index contributed by atoms with van der Waals surface area (Å²) in [5.74, 6) is -0.246. The second-order valence-electron chi connectivity index (χ2n) is 9.68. The number of hydrogen-bond acceptors (Lipinski definition) is 8. The van der Waals surface area contributed by atoms with E-state index < -0.39 is 5.82 Å². The van der Waals surface area contributed by atoms with E-state index in [-0.39, 0.29) is 46.4 Å². The molecule has 0 saturated heterocycles. The number of aryl methyl sites for hydroxylation is 1. The third-order valence-corrected chi connectivity index (χ3v) is 8.69. The van der Waals surface area contributed by atoms with E-state index in [1.54, 1.807) is 6.20 Å². The highest BCUT2D eigenvalue weighted by molar-refractivity contribution is 7.15. The molecular formula is C26H26ClFN6O2S. The molecule has 0 spiro atoms. The average Bonchev–Trinajstić information content (AvgIpc) is 3.52. The number of aromatic nitrogens is 5. The van der Waals surface area contributed by atoms with Gasteiger partial charge in [-0.25, -0.2) is 24.3 Å². The van der Waals surface area contributed by atoms with E-state index in [9.17, 15) is 4.79 Å². The second kappa shape index (κ2) is 9.64. The lowest BCUT2D eigenvalue weighted by Gasteiger charge is -2.47. The quantitative estimate of drug-likeness (QED) is 0.288. The van der Waals surface area contributed by atoms with Crippen molar-refractivity contribution < 1.29 is 13.9 Å². The molecule has 3 saturated carbocycles. The third-order valence-electron chi connectivity index (χ3n) is 7.50. The van der Waals surface area contributed by atoms with Gasteiger partial charge in [0, 0.05) is 17.1 Å². The molecule has 192 valence electrons. The molecule has 0 radical (unpaired) electrons. The van der Waals surface area contributed by atoms with E-state index in [4.69, 9.17) is 16.3 Å². The standard InChI is InChI=1S/C26H26ClFN6O2S/c1-3-36-26(35)18-13-5-7-14(8-6-13)20(18)32-24-19(28)22(16-9-4-12(2)37-16)33-23(34-24)15-10-30-25-21(15)29-11-17(27)31-25/h4,9-11,13-14,18,20H,3,5-8H2,1-2H3,(H,30,31)(H,32,33,34)/t13?,14?,18-,20-/m0/s1. The van der Waals surface area contributed by atoms with Gasteiger partial charge in [-0.3, -0.25) is 4.79 Å². The molecular weight excluding hydrogens is 515 g/mol. The van der Waals surface area contributed by atoms with Crippen LogP contribution in [-0.2, 0) is 9.53 Å². The van der Waals surface area contributed by atoms with Gasteiger partial charge in [0.25, 0.3) is 0 Å². The molecule has 3 aliphatic carbocycles. The molecule has 7 rings (SSSR count). The fourth-order valence-corrected chi connectivity index (χ4v) is 6.81. The number of carbonyl (C=O) groups is 1. The van der Waals surface area contributed by atoms with Crippen LogP contribution in [0.3, 0.4) is 0 Å². The zero-order chi connectivity index (χ0) is 25.7. The highest BCUT2D eigenvalue weighted by atomic mass is 35.5. The molecule has 3 fully saturated rings. The van der Waals surface area contributed by atoms with E-state index >= 15 is 4.39 Å². The number of fused-ring (bicyclic) bond motifs is 4. The lowest BCUT2D eigenvalue weighted by Crippen LogP contribution is -2.52. The van der Waals surface area contributed by atoms with Gasteiger partial charge < -0.3 is 15.0 Å². The number of esters is 1. The van der Waals surface area contributed by atoms with Crippen molar-refractivity contribution in [2.75, 3.05) is 11.9 Å². The largest absolute Gasteiger partial charge is 0.466 e. The Labute approximate surface area is 222 Å². The molecule has 4 heterocycles. The first-order chi connectivity index (χ1) is 17.9. The predicted molar refractivity (Wildman–Crippen MR) is 141 cm³/mol. The monoisotopic (exact) mass is 540 g/mol. The molecule has 2 atom stereocenters. The molecule has 8 nitrogen and oxygen atoms in total. The van der Waals surface area contributed by atoms with Gasteiger partial charge in [0.15, 0.2) is 23.1 Å². The van der Waals surface area contributed by atoms with E-state index in [0.29, 0.717) is 34.0 Å². The van der Waals surface area contributed by atoms with Crippen LogP contribution in [0.1, 0.15) is 37.5 Å². The summed E-state index contributed by atoms with van der Waals surface area (Å²) < 4.78 is 21.5. The Morgan fingerprint density at radius 2 is 2.00 bits per heavy atom. The Bertz CT molecular complexity index is 1480. The first kappa shape index (κ1) is 24.2. The molecule has 37 heavy (non-hydrogen) atoms. The van der Waals surface area contributed by atoms with Crippen molar-refractivity contribution in [3.8, 4) is 22.0 Å². The molecule has 0 unspecified atom stereocenters. The van der Waals surface area contributed by atoms with Crippen LogP contribution in [0.25, 0.3) is 33.1 Å². The van der Waals surface area contributed by atoms with Crippen LogP contribution in [0.4, 0.5) is 10.2 Å². The highest BCUT2D eigenvalue weighted by Gasteiger charge is 2.48. The maximum Gasteiger partial charge on any atom is 0.311 e. The number of ether oxygens (including phenoxy) is 1. The molecule has 0 aliphatic heterocycles. The van der Waals surface area contributed by atoms with Gasteiger partial charge in [0.2, 0.25) is 0 Å². The fourth-order valence-electron chi connectivity index (χ4n) is 5.83. The Kier molecular flexibility index (Phi) is 6.32. The number of thiophene rings is 1. The molecule has 0 amide bonds. The van der Waals surface area contributed by atoms with Gasteiger partial charge in [-0.1, -0.05) is 11.6 Å². The van der Waals surface area contributed by atoms with Crippen molar-refractivity contribution in [2.45, 2.75) is 45.6 Å². The van der Waals surface area contributed by atoms with Gasteiger partial charge in [0.05, 0.1) is 29.2 Å². The highest BCUT2D eigenvalue weighted by Crippen LogP contribution is 2.47. The summed E-state index contributed by atoms with van der Waals surface area (Å²) in [5.41, 5.74) is 1.82. The van der Waals surface area contributed by atoms with Crippen molar-refractivity contribution in [3.05, 3.63) is 40.4 Å². The smallest absolute Gasteiger partial charge is 0.311 e. The van der Waals surface area contributed by atoms with Gasteiger partial charge in [-0.15, -0.1) is 11.3 Å². The summed E-state index contributed by atoms with van der Waals surface area (Å²) in [6.07, 6.45) is 7.11. The maximum absolute atomic E-state index is 16.1. The summed E-state index contributed by atoms with van der Waals surface area (Å²) >= 11 is 7.47. The molecule has 2 N–H and O–H groups in total. The number of halogens is 2. The summed E-state index contributed by atoms with van der Waals surface area (Å²) in [7, 11) is 0. The van der Waals surface area contributed by atoms with Crippen LogP contribution >= 0.6 is 22.9 Å². The number of nitrogens with zero attached hydrogens (tertiary/aromatic N) is 4. The van der Waals surface area contributed by atoms with Crippen LogP contribution in [-0.4, -0.2) is 43.5 Å². The molecule has 3 aliphatic rings. The predicted octanol–water partition coefficient (Wildman–Crippen LogP) is 6.02. The first-order valence-corrected chi connectivity index (χ1v) is 13.7. The van der Waals surface area contributed by atoms with Crippen molar-refractivity contribution in [3.63, 3.8) is 0 Å². The van der Waals surface area contributed by atoms with Crippen molar-refractivity contribution in [1.82, 2.24) is 24.9 Å². The number of hydrogen-bond donors (Lipinski definition) is 2. The molecule has 11 heteroatoms. The number of rotatable bonds is 6. The topological polar surface area (TPSA) is 106 Å². The number of H-pyrrole nitrogens is 1. The summed E-state index contributed by atoms with van der Waals surface area (Å²) in [6.45, 7) is 4.10. The van der Waals surface area contributed by atoms with E-state index in [1.165, 1.54) is 17.5 Å². The zero-order valence-corrected chi connectivity index (χ0v) is 22.0. The van der Waals surface area contributed by atoms with E-state index in [0.717, 1.165) is 30.6 Å². The lowest BCUT2D eigenvalue weighted by molar-refractivity contribution is -0.154. The normalized spacial score (nSPS) is 22.9. The van der Waals surface area contributed by atoms with Crippen molar-refractivity contribution >= 4 is 45.9 Å². The van der Waals surface area contributed by atoms with E-state index in [2.05, 4.69) is 30.2 Å². The lowest BCUT2D eigenvalue weighted by atomic mass is 9.61. The summed E-state index contributed by atoms with van der Waals surface area (Å²) in [4.78, 5) is 35.7. The second-order valence-corrected chi connectivity index (χ2v) is 11.4. The van der Waals surface area contributed by atoms with E-state index in [1.807, 2.05) is 26.0 Å². The minimum Gasteiger partial charge on any atom is -0.466 e. The van der Waals surface area contributed by atoms with Gasteiger partial charge in [0.1, 0.15) is 16.4 Å². The minimum absolute atomic E-state index is 0.0779. The Hall–Kier alpha value is -3.11. The number of aromatic amines is 1. The van der Waals surface area contributed by atoms with Gasteiger partial charge in [-0.2, -0.15) is 0 Å². The average molecular weight is 541 g/mol. The molecule has 4 aromatic heterocycles. The van der Waals surface area contributed by atoms with Crippen molar-refractivity contribution in [1.29, 1.82) is 0 Å². The van der Waals surface area contributed by atoms with Gasteiger partial charge in [-0.05, 0) is 63.5 Å². The minimum atomic E-state index is -0.538. The zero-order valence-electron chi connectivity index (χ0n) is 20.4. The van der Waals surface area contributed by atoms with Crippen molar-refractivity contribution in [2.24, 2.45) is 17.8 Å². The molecule has 0 aromatic carbocycles. The third kappa shape index (κ3) is 4.35. The first-order valence-electron chi connectivity index (χ1n) is 12.5. The Balaban J connectivity index is 1.47. The van der Waals surface area contributed by atoms with Crippen LogP contribution in [0.5, 0.6) is 0 Å². The number of carbonyl (C=O) groups excluding carboxylic acids is 1. The SMILES string of the molecule is CCOC(=O)[C@H]1C2CCC(CC2)[C@@H]1Nc1nc(-c2c[nH]c3nc(Cl)cnc23)nc(-c2ccc(C)s2)c1F. The summed E-state index contributed by atoms with van der Waals surface area (Å²) in [6, 6.07) is 3.53. The van der Waals surface area contributed by atoms with Crippen LogP contribution < -0.4 is 5.32 Å². The number of nitrogens with one attached hydrogen (secondary N) is 2. The Morgan fingerprint density at radius 3 is 2.73 bits per heavy atom. The molecule has 2 bridgehead atoms.